The second-order valence-corrected chi connectivity index (χ2v) is 5.55. The van der Waals surface area contributed by atoms with Crippen LogP contribution >= 0.6 is 0 Å². The van der Waals surface area contributed by atoms with Crippen LogP contribution in [0.15, 0.2) is 36.5 Å². The van der Waals surface area contributed by atoms with Crippen LogP contribution in [-0.2, 0) is 0 Å². The minimum absolute atomic E-state index is 0.390. The summed E-state index contributed by atoms with van der Waals surface area (Å²) >= 11 is 0. The van der Waals surface area contributed by atoms with Gasteiger partial charge in [0.15, 0.2) is 5.82 Å². The molecule has 0 spiro atoms. The van der Waals surface area contributed by atoms with Gasteiger partial charge in [-0.05, 0) is 25.5 Å². The minimum atomic E-state index is 0.390. The lowest BCUT2D eigenvalue weighted by Gasteiger charge is -2.13. The molecule has 0 saturated heterocycles. The van der Waals surface area contributed by atoms with Crippen molar-refractivity contribution < 1.29 is 0 Å². The quantitative estimate of drug-likeness (QED) is 0.672. The summed E-state index contributed by atoms with van der Waals surface area (Å²) in [5.41, 5.74) is 0.953. The lowest BCUT2D eigenvalue weighted by Crippen LogP contribution is -2.16. The predicted octanol–water partition coefficient (Wildman–Crippen LogP) is 4.39. The smallest absolute Gasteiger partial charge is 0.247 e. The lowest BCUT2D eigenvalue weighted by molar-refractivity contribution is 0.592. The number of hydrogen-bond acceptors (Lipinski definition) is 5. The first-order valence-corrected chi connectivity index (χ1v) is 8.06. The van der Waals surface area contributed by atoms with Crippen LogP contribution < -0.4 is 10.6 Å². The Morgan fingerprint density at radius 3 is 2.55 bits per heavy atom. The van der Waals surface area contributed by atoms with Crippen LogP contribution in [0.25, 0.3) is 0 Å². The van der Waals surface area contributed by atoms with E-state index in [1.165, 1.54) is 25.7 Å². The van der Waals surface area contributed by atoms with E-state index in [-0.39, 0.29) is 0 Å². The molecule has 2 N–H and O–H groups in total. The van der Waals surface area contributed by atoms with Crippen LogP contribution in [0.3, 0.4) is 0 Å². The molecule has 0 saturated carbocycles. The molecule has 1 aromatic carbocycles. The molecule has 1 atom stereocenters. The summed E-state index contributed by atoms with van der Waals surface area (Å²) in [7, 11) is 0. The van der Waals surface area contributed by atoms with E-state index < -0.39 is 0 Å². The molecule has 1 aromatic heterocycles. The van der Waals surface area contributed by atoms with Gasteiger partial charge in [0.2, 0.25) is 5.95 Å². The van der Waals surface area contributed by atoms with Crippen molar-refractivity contribution in [1.82, 2.24) is 15.2 Å². The molecule has 5 heteroatoms. The van der Waals surface area contributed by atoms with Crippen molar-refractivity contribution in [2.75, 3.05) is 10.6 Å². The monoisotopic (exact) mass is 299 g/mol. The minimum Gasteiger partial charge on any atom is -0.365 e. The van der Waals surface area contributed by atoms with Gasteiger partial charge in [0.1, 0.15) is 0 Å². The van der Waals surface area contributed by atoms with Crippen LogP contribution in [0.2, 0.25) is 0 Å². The summed E-state index contributed by atoms with van der Waals surface area (Å²) in [6, 6.07) is 10.2. The van der Waals surface area contributed by atoms with E-state index in [4.69, 9.17) is 0 Å². The van der Waals surface area contributed by atoms with Crippen molar-refractivity contribution in [2.45, 2.75) is 52.0 Å². The number of nitrogens with one attached hydrogen (secondary N) is 2. The van der Waals surface area contributed by atoms with E-state index in [1.807, 2.05) is 30.3 Å². The zero-order valence-corrected chi connectivity index (χ0v) is 13.4. The average Bonchev–Trinajstić information content (AvgIpc) is 2.54. The first-order valence-electron chi connectivity index (χ1n) is 8.06. The van der Waals surface area contributed by atoms with Gasteiger partial charge in [-0.15, -0.1) is 10.2 Å². The number of aromatic nitrogens is 3. The van der Waals surface area contributed by atoms with Crippen molar-refractivity contribution in [2.24, 2.45) is 0 Å². The fraction of sp³-hybridized carbons (Fsp3) is 0.471. The summed E-state index contributed by atoms with van der Waals surface area (Å²) in [6.45, 7) is 4.40. The Hall–Kier alpha value is -2.17. The van der Waals surface area contributed by atoms with Crippen molar-refractivity contribution in [3.05, 3.63) is 36.5 Å². The van der Waals surface area contributed by atoms with Crippen LogP contribution in [0, 0.1) is 0 Å². The number of nitrogens with zero attached hydrogens (tertiary/aromatic N) is 3. The fourth-order valence-electron chi connectivity index (χ4n) is 2.25. The molecule has 0 amide bonds. The van der Waals surface area contributed by atoms with Crippen LogP contribution in [-0.4, -0.2) is 21.2 Å². The van der Waals surface area contributed by atoms with Crippen molar-refractivity contribution >= 4 is 17.5 Å². The van der Waals surface area contributed by atoms with Gasteiger partial charge in [-0.25, -0.2) is 4.98 Å². The highest BCUT2D eigenvalue weighted by molar-refractivity contribution is 5.52. The van der Waals surface area contributed by atoms with Gasteiger partial charge >= 0.3 is 0 Å². The highest BCUT2D eigenvalue weighted by Crippen LogP contribution is 2.13. The molecule has 2 rings (SSSR count). The molecule has 0 aliphatic rings. The van der Waals surface area contributed by atoms with E-state index in [1.54, 1.807) is 6.20 Å². The van der Waals surface area contributed by atoms with E-state index >= 15 is 0 Å². The summed E-state index contributed by atoms with van der Waals surface area (Å²) < 4.78 is 0. The van der Waals surface area contributed by atoms with E-state index in [9.17, 15) is 0 Å². The zero-order valence-electron chi connectivity index (χ0n) is 13.4. The summed E-state index contributed by atoms with van der Waals surface area (Å²) in [4.78, 5) is 4.29. The van der Waals surface area contributed by atoms with Gasteiger partial charge in [0.05, 0.1) is 6.20 Å². The average molecular weight is 299 g/mol. The first-order chi connectivity index (χ1) is 10.8. The maximum atomic E-state index is 4.29. The topological polar surface area (TPSA) is 62.7 Å². The third-order valence-electron chi connectivity index (χ3n) is 3.48. The van der Waals surface area contributed by atoms with E-state index in [2.05, 4.69) is 39.7 Å². The Balaban J connectivity index is 1.79. The number of benzene rings is 1. The van der Waals surface area contributed by atoms with E-state index in [0.29, 0.717) is 12.0 Å². The molecule has 118 valence electrons. The Labute approximate surface area is 132 Å². The zero-order chi connectivity index (χ0) is 15.6. The number of anilines is 3. The largest absolute Gasteiger partial charge is 0.365 e. The molecule has 0 bridgehead atoms. The first kappa shape index (κ1) is 16.2. The molecular formula is C17H25N5. The summed E-state index contributed by atoms with van der Waals surface area (Å²) in [5, 5.41) is 14.7. The van der Waals surface area contributed by atoms with Crippen molar-refractivity contribution in [3.63, 3.8) is 0 Å². The second-order valence-electron chi connectivity index (χ2n) is 5.55. The molecule has 2 aromatic rings. The molecular weight excluding hydrogens is 274 g/mol. The Kier molecular flexibility index (Phi) is 6.61. The third kappa shape index (κ3) is 5.68. The third-order valence-corrected chi connectivity index (χ3v) is 3.48. The molecule has 0 fully saturated rings. The van der Waals surface area contributed by atoms with Gasteiger partial charge in [0, 0.05) is 11.7 Å². The van der Waals surface area contributed by atoms with Crippen molar-refractivity contribution in [1.29, 1.82) is 0 Å². The molecule has 22 heavy (non-hydrogen) atoms. The Morgan fingerprint density at radius 1 is 1.05 bits per heavy atom. The molecule has 1 heterocycles. The fourth-order valence-corrected chi connectivity index (χ4v) is 2.25. The Bertz CT molecular complexity index is 527. The molecule has 0 aliphatic heterocycles. The SMILES string of the molecule is CCCCCCC(C)Nc1cnc(Nc2ccccc2)nn1. The maximum Gasteiger partial charge on any atom is 0.247 e. The van der Waals surface area contributed by atoms with Crippen LogP contribution in [0.5, 0.6) is 0 Å². The number of unbranched alkanes of at least 4 members (excludes halogenated alkanes) is 3. The highest BCUT2D eigenvalue weighted by Gasteiger charge is 2.04. The highest BCUT2D eigenvalue weighted by atomic mass is 15.3. The molecule has 1 unspecified atom stereocenters. The number of hydrogen-bond donors (Lipinski definition) is 2. The maximum absolute atomic E-state index is 4.29. The van der Waals surface area contributed by atoms with Crippen LogP contribution in [0.4, 0.5) is 17.5 Å². The number of para-hydroxylation sites is 1. The summed E-state index contributed by atoms with van der Waals surface area (Å²) in [6.07, 6.45) is 8.00. The molecule has 0 radical (unpaired) electrons. The summed E-state index contributed by atoms with van der Waals surface area (Å²) in [5.74, 6) is 1.23. The standard InChI is InChI=1S/C17H25N5/c1-3-4-5-7-10-14(2)19-16-13-18-17(22-21-16)20-15-11-8-6-9-12-15/h6,8-9,11-14H,3-5,7,10H2,1-2H3,(H,19,21)(H,18,20,22). The normalized spacial score (nSPS) is 11.9. The Morgan fingerprint density at radius 2 is 1.86 bits per heavy atom. The lowest BCUT2D eigenvalue weighted by atomic mass is 10.1. The number of rotatable bonds is 9. The van der Waals surface area contributed by atoms with Gasteiger partial charge in [-0.3, -0.25) is 0 Å². The van der Waals surface area contributed by atoms with Gasteiger partial charge < -0.3 is 10.6 Å². The van der Waals surface area contributed by atoms with Crippen molar-refractivity contribution in [3.8, 4) is 0 Å². The predicted molar refractivity (Wildman–Crippen MR) is 91.4 cm³/mol. The van der Waals surface area contributed by atoms with Gasteiger partial charge in [-0.2, -0.15) is 0 Å². The van der Waals surface area contributed by atoms with Gasteiger partial charge in [0.25, 0.3) is 0 Å². The molecule has 0 aliphatic carbocycles. The second kappa shape index (κ2) is 8.97. The van der Waals surface area contributed by atoms with E-state index in [0.717, 1.165) is 17.9 Å². The van der Waals surface area contributed by atoms with Gasteiger partial charge in [-0.1, -0.05) is 50.8 Å². The molecule has 5 nitrogen and oxygen atoms in total. The van der Waals surface area contributed by atoms with Crippen LogP contribution in [0.1, 0.15) is 46.0 Å².